The van der Waals surface area contributed by atoms with E-state index in [-0.39, 0.29) is 5.91 Å². The van der Waals surface area contributed by atoms with Gasteiger partial charge in [-0.25, -0.2) is 0 Å². The summed E-state index contributed by atoms with van der Waals surface area (Å²) in [4.78, 5) is 15.7. The van der Waals surface area contributed by atoms with Gasteiger partial charge < -0.3 is 15.0 Å². The largest absolute Gasteiger partial charge is 0.495 e. The third kappa shape index (κ3) is 3.44. The van der Waals surface area contributed by atoms with Crippen LogP contribution in [-0.4, -0.2) is 26.1 Å². The Kier molecular flexibility index (Phi) is 4.52. The van der Waals surface area contributed by atoms with Crippen molar-refractivity contribution in [3.8, 4) is 5.75 Å². The third-order valence-electron chi connectivity index (χ3n) is 5.34. The Bertz CT molecular complexity index is 782. The molecule has 1 aromatic carbocycles. The highest BCUT2D eigenvalue weighted by Crippen LogP contribution is 2.42. The first-order valence-electron chi connectivity index (χ1n) is 9.01. The average molecular weight is 357 g/mol. The van der Waals surface area contributed by atoms with Crippen molar-refractivity contribution in [2.75, 3.05) is 25.5 Å². The SMILES string of the molecule is COc1ccc(C)cc1NC(=O)C[NH+]1CCc2sccc2[C@H]1C1CC1. The minimum Gasteiger partial charge on any atom is -0.495 e. The number of carbonyl (C=O) groups excluding carboxylic acids is 1. The van der Waals surface area contributed by atoms with E-state index >= 15 is 0 Å². The monoisotopic (exact) mass is 357 g/mol. The summed E-state index contributed by atoms with van der Waals surface area (Å²) in [5.41, 5.74) is 3.37. The van der Waals surface area contributed by atoms with Crippen molar-refractivity contribution < 1.29 is 14.4 Å². The van der Waals surface area contributed by atoms with E-state index in [0.717, 1.165) is 30.1 Å². The molecule has 1 saturated carbocycles. The fourth-order valence-electron chi connectivity index (χ4n) is 4.02. The molecule has 1 aliphatic carbocycles. The first-order valence-corrected chi connectivity index (χ1v) is 9.89. The van der Waals surface area contributed by atoms with Gasteiger partial charge in [-0.1, -0.05) is 6.07 Å². The van der Waals surface area contributed by atoms with Crippen LogP contribution in [-0.2, 0) is 11.2 Å². The number of aryl methyl sites for hydroxylation is 1. The molecule has 1 amide bonds. The van der Waals surface area contributed by atoms with Crippen LogP contribution in [0, 0.1) is 12.8 Å². The maximum atomic E-state index is 12.7. The van der Waals surface area contributed by atoms with E-state index in [4.69, 9.17) is 4.74 Å². The molecule has 0 radical (unpaired) electrons. The number of nitrogens with one attached hydrogen (secondary N) is 2. The van der Waals surface area contributed by atoms with E-state index in [9.17, 15) is 4.79 Å². The lowest BCUT2D eigenvalue weighted by atomic mass is 9.96. The van der Waals surface area contributed by atoms with E-state index in [1.165, 1.54) is 28.2 Å². The topological polar surface area (TPSA) is 42.8 Å². The molecule has 4 rings (SSSR count). The van der Waals surface area contributed by atoms with E-state index in [1.807, 2.05) is 36.5 Å². The number of hydrogen-bond acceptors (Lipinski definition) is 3. The Labute approximate surface area is 152 Å². The van der Waals surface area contributed by atoms with Gasteiger partial charge in [0.2, 0.25) is 0 Å². The summed E-state index contributed by atoms with van der Waals surface area (Å²) in [5.74, 6) is 1.54. The molecule has 4 nitrogen and oxygen atoms in total. The maximum absolute atomic E-state index is 12.7. The number of fused-ring (bicyclic) bond motifs is 1. The Hall–Kier alpha value is -1.85. The molecule has 25 heavy (non-hydrogen) atoms. The van der Waals surface area contributed by atoms with E-state index in [2.05, 4.69) is 16.8 Å². The molecule has 5 heteroatoms. The van der Waals surface area contributed by atoms with Gasteiger partial charge in [-0.15, -0.1) is 11.3 Å². The summed E-state index contributed by atoms with van der Waals surface area (Å²) in [6.45, 7) is 3.59. The van der Waals surface area contributed by atoms with Gasteiger partial charge in [0.05, 0.1) is 19.3 Å². The maximum Gasteiger partial charge on any atom is 0.279 e. The molecule has 0 spiro atoms. The van der Waals surface area contributed by atoms with Crippen LogP contribution < -0.4 is 15.0 Å². The average Bonchev–Trinajstić information content (AvgIpc) is 3.31. The number of amides is 1. The lowest BCUT2D eigenvalue weighted by Gasteiger charge is -2.32. The summed E-state index contributed by atoms with van der Waals surface area (Å²) in [6, 6.07) is 8.65. The van der Waals surface area contributed by atoms with Gasteiger partial charge in [0, 0.05) is 22.8 Å². The Morgan fingerprint density at radius 3 is 2.96 bits per heavy atom. The highest BCUT2D eigenvalue weighted by atomic mass is 32.1. The fraction of sp³-hybridized carbons (Fsp3) is 0.450. The van der Waals surface area contributed by atoms with Gasteiger partial charge in [0.1, 0.15) is 11.8 Å². The zero-order valence-corrected chi connectivity index (χ0v) is 15.6. The summed E-state index contributed by atoms with van der Waals surface area (Å²) in [6.07, 6.45) is 3.69. The molecule has 0 bridgehead atoms. The van der Waals surface area contributed by atoms with Crippen molar-refractivity contribution in [1.82, 2.24) is 0 Å². The van der Waals surface area contributed by atoms with Crippen molar-refractivity contribution >= 4 is 22.9 Å². The van der Waals surface area contributed by atoms with Crippen LogP contribution in [0.3, 0.4) is 0 Å². The predicted molar refractivity (Wildman–Crippen MR) is 101 cm³/mol. The van der Waals surface area contributed by atoms with Gasteiger partial charge >= 0.3 is 0 Å². The number of thiophene rings is 1. The predicted octanol–water partition coefficient (Wildman–Crippen LogP) is 2.60. The van der Waals surface area contributed by atoms with Crippen molar-refractivity contribution in [2.24, 2.45) is 5.92 Å². The molecule has 132 valence electrons. The molecular formula is C20H25N2O2S+. The molecule has 1 aliphatic heterocycles. The van der Waals surface area contributed by atoms with E-state index in [1.54, 1.807) is 7.11 Å². The lowest BCUT2D eigenvalue weighted by Crippen LogP contribution is -3.14. The summed E-state index contributed by atoms with van der Waals surface area (Å²) < 4.78 is 5.38. The first kappa shape index (κ1) is 16.6. The molecule has 2 aliphatic rings. The van der Waals surface area contributed by atoms with Crippen LogP contribution in [0.4, 0.5) is 5.69 Å². The Morgan fingerprint density at radius 2 is 2.20 bits per heavy atom. The number of anilines is 1. The van der Waals surface area contributed by atoms with Crippen LogP contribution in [0.5, 0.6) is 5.75 Å². The van der Waals surface area contributed by atoms with Gasteiger partial charge in [0.25, 0.3) is 5.91 Å². The zero-order chi connectivity index (χ0) is 17.4. The minimum absolute atomic E-state index is 0.0724. The number of hydrogen-bond donors (Lipinski definition) is 2. The van der Waals surface area contributed by atoms with Crippen LogP contribution in [0.25, 0.3) is 0 Å². The number of ether oxygens (including phenoxy) is 1. The quantitative estimate of drug-likeness (QED) is 0.864. The molecule has 1 fully saturated rings. The Balaban J connectivity index is 1.48. The standard InChI is InChI=1S/C20H24N2O2S/c1-13-3-6-17(24-2)16(11-13)21-19(23)12-22-9-7-18-15(8-10-25-18)20(22)14-4-5-14/h3,6,8,10-11,14,20H,4-5,7,9,12H2,1-2H3,(H,21,23)/p+1/t20-/m1/s1. The third-order valence-corrected chi connectivity index (χ3v) is 6.33. The van der Waals surface area contributed by atoms with Gasteiger partial charge in [-0.3, -0.25) is 4.79 Å². The number of benzene rings is 1. The number of quaternary nitrogens is 1. The van der Waals surface area contributed by atoms with E-state index < -0.39 is 0 Å². The summed E-state index contributed by atoms with van der Waals surface area (Å²) in [5, 5.41) is 5.27. The smallest absolute Gasteiger partial charge is 0.279 e. The molecule has 2 aromatic rings. The molecule has 2 heterocycles. The number of methoxy groups -OCH3 is 1. The van der Waals surface area contributed by atoms with Crippen molar-refractivity contribution in [2.45, 2.75) is 32.2 Å². The van der Waals surface area contributed by atoms with Crippen molar-refractivity contribution in [3.05, 3.63) is 45.6 Å². The number of rotatable bonds is 5. The highest BCUT2D eigenvalue weighted by Gasteiger charge is 2.43. The zero-order valence-electron chi connectivity index (χ0n) is 14.8. The lowest BCUT2D eigenvalue weighted by molar-refractivity contribution is -0.928. The van der Waals surface area contributed by atoms with Crippen LogP contribution >= 0.6 is 11.3 Å². The fourth-order valence-corrected chi connectivity index (χ4v) is 4.95. The second kappa shape index (κ2) is 6.81. The molecule has 2 atom stereocenters. The molecule has 1 aromatic heterocycles. The summed E-state index contributed by atoms with van der Waals surface area (Å²) in [7, 11) is 1.64. The Morgan fingerprint density at radius 1 is 1.36 bits per heavy atom. The normalized spacial score (nSPS) is 22.3. The van der Waals surface area contributed by atoms with Crippen LogP contribution in [0.2, 0.25) is 0 Å². The minimum atomic E-state index is 0.0724. The molecule has 2 N–H and O–H groups in total. The number of carbonyl (C=O) groups is 1. The second-order valence-electron chi connectivity index (χ2n) is 7.20. The summed E-state index contributed by atoms with van der Waals surface area (Å²) >= 11 is 1.87. The van der Waals surface area contributed by atoms with Gasteiger partial charge in [-0.2, -0.15) is 0 Å². The van der Waals surface area contributed by atoms with Gasteiger partial charge in [0.15, 0.2) is 6.54 Å². The molecule has 0 saturated heterocycles. The molecular weight excluding hydrogens is 332 g/mol. The van der Waals surface area contributed by atoms with Crippen LogP contribution in [0.15, 0.2) is 29.6 Å². The van der Waals surface area contributed by atoms with Crippen molar-refractivity contribution in [1.29, 1.82) is 0 Å². The van der Waals surface area contributed by atoms with Crippen molar-refractivity contribution in [3.63, 3.8) is 0 Å². The highest BCUT2D eigenvalue weighted by molar-refractivity contribution is 7.10. The second-order valence-corrected chi connectivity index (χ2v) is 8.20. The van der Waals surface area contributed by atoms with E-state index in [0.29, 0.717) is 18.3 Å². The van der Waals surface area contributed by atoms with Gasteiger partial charge in [-0.05, 0) is 48.9 Å². The molecule has 1 unspecified atom stereocenters. The van der Waals surface area contributed by atoms with Crippen LogP contribution in [0.1, 0.15) is 34.9 Å². The first-order chi connectivity index (χ1) is 12.2.